The minimum atomic E-state index is 0.327. The fourth-order valence-corrected chi connectivity index (χ4v) is 0.161. The molecule has 0 spiro atoms. The van der Waals surface area contributed by atoms with Crippen molar-refractivity contribution in [2.75, 3.05) is 7.11 Å². The van der Waals surface area contributed by atoms with Gasteiger partial charge in [0, 0.05) is 6.42 Å². The van der Waals surface area contributed by atoms with Crippen LogP contribution in [0.4, 0.5) is 0 Å². The van der Waals surface area contributed by atoms with Crippen LogP contribution in [0.5, 0.6) is 0 Å². The van der Waals surface area contributed by atoms with Crippen molar-refractivity contribution in [1.82, 2.24) is 0 Å². The lowest BCUT2D eigenvalue weighted by molar-refractivity contribution is -0.106. The van der Waals surface area contributed by atoms with E-state index >= 15 is 0 Å². The van der Waals surface area contributed by atoms with Crippen LogP contribution < -0.4 is 0 Å². The first-order valence-corrected chi connectivity index (χ1v) is 1.90. The molecule has 40 valence electrons. The Hall–Kier alpha value is -0.860. The van der Waals surface area contributed by atoms with Crippen LogP contribution in [0, 0.1) is 0 Å². The summed E-state index contributed by atoms with van der Waals surface area (Å²) in [5, 5.41) is 3.31. The summed E-state index contributed by atoms with van der Waals surface area (Å²) in [6.45, 7) is 0. The van der Waals surface area contributed by atoms with E-state index < -0.39 is 0 Å². The summed E-state index contributed by atoms with van der Waals surface area (Å²) >= 11 is 0. The fourth-order valence-electron chi connectivity index (χ4n) is 0.161. The van der Waals surface area contributed by atoms with Gasteiger partial charge < -0.3 is 9.63 Å². The van der Waals surface area contributed by atoms with Gasteiger partial charge in [-0.15, -0.1) is 0 Å². The van der Waals surface area contributed by atoms with Gasteiger partial charge in [-0.1, -0.05) is 5.16 Å². The lowest BCUT2D eigenvalue weighted by atomic mass is 10.5. The normalized spacial score (nSPS) is 9.29. The number of carbonyl (C=O) groups is 1. The Morgan fingerprint density at radius 3 is 3.00 bits per heavy atom. The van der Waals surface area contributed by atoms with Crippen LogP contribution in [-0.2, 0) is 9.63 Å². The Morgan fingerprint density at radius 2 is 2.57 bits per heavy atom. The minimum absolute atomic E-state index is 0.327. The van der Waals surface area contributed by atoms with Crippen molar-refractivity contribution in [1.29, 1.82) is 0 Å². The molecule has 0 saturated carbocycles. The maximum absolute atomic E-state index is 9.53. The Morgan fingerprint density at radius 1 is 1.86 bits per heavy atom. The van der Waals surface area contributed by atoms with Gasteiger partial charge in [0.15, 0.2) is 0 Å². The van der Waals surface area contributed by atoms with Crippen LogP contribution in [0.25, 0.3) is 0 Å². The van der Waals surface area contributed by atoms with Gasteiger partial charge in [-0.3, -0.25) is 0 Å². The van der Waals surface area contributed by atoms with Gasteiger partial charge >= 0.3 is 0 Å². The third-order valence-corrected chi connectivity index (χ3v) is 0.382. The number of carbonyl (C=O) groups excluding carboxylic acids is 1. The largest absolute Gasteiger partial charge is 0.399 e. The van der Waals surface area contributed by atoms with E-state index in [0.717, 1.165) is 6.29 Å². The number of oxime groups is 1. The summed E-state index contributed by atoms with van der Waals surface area (Å²) in [6.07, 6.45) is 2.48. The molecule has 0 heterocycles. The molecule has 0 saturated heterocycles. The Balaban J connectivity index is 2.92. The maximum atomic E-state index is 9.53. The standard InChI is InChI=1S/C4H7NO2/c1-7-5-3-2-4-6/h3-4H,2H2,1H3. The van der Waals surface area contributed by atoms with Crippen LogP contribution in [0.3, 0.4) is 0 Å². The molecule has 0 rings (SSSR count). The minimum Gasteiger partial charge on any atom is -0.399 e. The average Bonchev–Trinajstić information content (AvgIpc) is 1.69. The van der Waals surface area contributed by atoms with Gasteiger partial charge in [-0.25, -0.2) is 0 Å². The summed E-state index contributed by atoms with van der Waals surface area (Å²) in [5.74, 6) is 0. The molecule has 0 fully saturated rings. The van der Waals surface area contributed by atoms with Gasteiger partial charge in [-0.2, -0.15) is 0 Å². The van der Waals surface area contributed by atoms with Crippen molar-refractivity contribution in [2.24, 2.45) is 5.16 Å². The second-order valence-corrected chi connectivity index (χ2v) is 0.873. The predicted octanol–water partition coefficient (Wildman–Crippen LogP) is 0.208. The van der Waals surface area contributed by atoms with E-state index in [1.165, 1.54) is 13.3 Å². The van der Waals surface area contributed by atoms with E-state index in [4.69, 9.17) is 0 Å². The zero-order valence-corrected chi connectivity index (χ0v) is 4.13. The number of rotatable bonds is 3. The summed E-state index contributed by atoms with van der Waals surface area (Å²) < 4.78 is 0. The monoisotopic (exact) mass is 101 g/mol. The average molecular weight is 101 g/mol. The highest BCUT2D eigenvalue weighted by molar-refractivity contribution is 5.75. The second kappa shape index (κ2) is 5.14. The zero-order valence-electron chi connectivity index (χ0n) is 4.13. The molecule has 0 aliphatic carbocycles. The molecule has 0 aliphatic heterocycles. The number of nitrogens with zero attached hydrogens (tertiary/aromatic N) is 1. The van der Waals surface area contributed by atoms with E-state index in [1.807, 2.05) is 0 Å². The van der Waals surface area contributed by atoms with Crippen LogP contribution in [0.2, 0.25) is 0 Å². The van der Waals surface area contributed by atoms with Crippen molar-refractivity contribution in [3.63, 3.8) is 0 Å². The molecule has 0 aromatic rings. The molecular weight excluding hydrogens is 94.0 g/mol. The molecule has 0 aromatic carbocycles. The predicted molar refractivity (Wildman–Crippen MR) is 26.2 cm³/mol. The Bertz CT molecular complexity index is 70.1. The van der Waals surface area contributed by atoms with Crippen molar-refractivity contribution in [3.05, 3.63) is 0 Å². The summed E-state index contributed by atoms with van der Waals surface area (Å²) in [6, 6.07) is 0. The molecule has 0 bridgehead atoms. The molecule has 0 N–H and O–H groups in total. The van der Waals surface area contributed by atoms with Crippen molar-refractivity contribution in [3.8, 4) is 0 Å². The first-order chi connectivity index (χ1) is 3.41. The highest BCUT2D eigenvalue weighted by atomic mass is 16.6. The molecule has 0 aliphatic rings. The second-order valence-electron chi connectivity index (χ2n) is 0.873. The van der Waals surface area contributed by atoms with Gasteiger partial charge in [0.05, 0.1) is 6.21 Å². The molecule has 0 radical (unpaired) electrons. The highest BCUT2D eigenvalue weighted by Crippen LogP contribution is 1.65. The summed E-state index contributed by atoms with van der Waals surface area (Å²) in [5.41, 5.74) is 0. The van der Waals surface area contributed by atoms with E-state index in [2.05, 4.69) is 9.99 Å². The number of hydrogen-bond donors (Lipinski definition) is 0. The van der Waals surface area contributed by atoms with E-state index in [9.17, 15) is 4.79 Å². The third kappa shape index (κ3) is 5.14. The summed E-state index contributed by atoms with van der Waals surface area (Å²) in [4.78, 5) is 13.8. The molecular formula is C4H7NO2. The van der Waals surface area contributed by atoms with E-state index in [1.54, 1.807) is 0 Å². The van der Waals surface area contributed by atoms with Gasteiger partial charge in [0.1, 0.15) is 13.4 Å². The van der Waals surface area contributed by atoms with Crippen LogP contribution in [-0.4, -0.2) is 19.6 Å². The Labute approximate surface area is 42.0 Å². The molecule has 7 heavy (non-hydrogen) atoms. The maximum Gasteiger partial charge on any atom is 0.125 e. The SMILES string of the molecule is CON=CCC=O. The zero-order chi connectivity index (χ0) is 5.54. The number of aldehydes is 1. The van der Waals surface area contributed by atoms with Gasteiger partial charge in [-0.05, 0) is 0 Å². The molecule has 3 heteroatoms. The first-order valence-electron chi connectivity index (χ1n) is 1.90. The van der Waals surface area contributed by atoms with E-state index in [-0.39, 0.29) is 0 Å². The van der Waals surface area contributed by atoms with Crippen LogP contribution >= 0.6 is 0 Å². The lowest BCUT2D eigenvalue weighted by Crippen LogP contribution is -1.75. The third-order valence-electron chi connectivity index (χ3n) is 0.382. The molecule has 3 nitrogen and oxygen atoms in total. The van der Waals surface area contributed by atoms with Gasteiger partial charge in [0.25, 0.3) is 0 Å². The van der Waals surface area contributed by atoms with Crippen molar-refractivity contribution < 1.29 is 9.63 Å². The van der Waals surface area contributed by atoms with Crippen molar-refractivity contribution in [2.45, 2.75) is 6.42 Å². The fraction of sp³-hybridized carbons (Fsp3) is 0.500. The van der Waals surface area contributed by atoms with Gasteiger partial charge in [0.2, 0.25) is 0 Å². The van der Waals surface area contributed by atoms with Crippen LogP contribution in [0.1, 0.15) is 6.42 Å². The first kappa shape index (κ1) is 6.14. The lowest BCUT2D eigenvalue weighted by Gasteiger charge is -1.78. The smallest absolute Gasteiger partial charge is 0.125 e. The molecule has 0 aromatic heterocycles. The Kier molecular flexibility index (Phi) is 4.51. The topological polar surface area (TPSA) is 38.7 Å². The van der Waals surface area contributed by atoms with Crippen LogP contribution in [0.15, 0.2) is 5.16 Å². The number of hydrogen-bond acceptors (Lipinski definition) is 3. The molecule has 0 atom stereocenters. The molecule has 0 unspecified atom stereocenters. The highest BCUT2D eigenvalue weighted by Gasteiger charge is 1.68. The van der Waals surface area contributed by atoms with E-state index in [0.29, 0.717) is 6.42 Å². The quantitative estimate of drug-likeness (QED) is 0.289. The molecule has 0 amide bonds. The van der Waals surface area contributed by atoms with Crippen molar-refractivity contribution >= 4 is 12.5 Å². The summed E-state index contributed by atoms with van der Waals surface area (Å²) in [7, 11) is 1.43.